The molecule has 0 aromatic heterocycles. The standard InChI is InChI=1S/C17H20N2O/c1-13(10-14-6-3-2-4-7-14)19-17(20)12-15-8-5-9-16(18)11-15/h2-9,11,13H,10,12,18H2,1H3,(H,19,20). The number of hydrogen-bond acceptors (Lipinski definition) is 2. The highest BCUT2D eigenvalue weighted by Gasteiger charge is 2.09. The quantitative estimate of drug-likeness (QED) is 0.819. The van der Waals surface area contributed by atoms with Gasteiger partial charge in [-0.1, -0.05) is 42.5 Å². The van der Waals surface area contributed by atoms with Gasteiger partial charge in [0.15, 0.2) is 0 Å². The average molecular weight is 268 g/mol. The maximum atomic E-state index is 12.0. The van der Waals surface area contributed by atoms with Crippen molar-refractivity contribution in [3.8, 4) is 0 Å². The van der Waals surface area contributed by atoms with Gasteiger partial charge in [0.25, 0.3) is 0 Å². The largest absolute Gasteiger partial charge is 0.399 e. The molecule has 0 saturated carbocycles. The Bertz CT molecular complexity index is 566. The molecular formula is C17H20N2O. The molecule has 2 aromatic carbocycles. The zero-order valence-corrected chi connectivity index (χ0v) is 11.7. The molecule has 0 aliphatic carbocycles. The number of rotatable bonds is 5. The number of carbonyl (C=O) groups is 1. The molecule has 3 heteroatoms. The number of nitrogens with one attached hydrogen (secondary N) is 1. The van der Waals surface area contributed by atoms with E-state index in [-0.39, 0.29) is 11.9 Å². The van der Waals surface area contributed by atoms with Gasteiger partial charge in [-0.2, -0.15) is 0 Å². The van der Waals surface area contributed by atoms with E-state index in [2.05, 4.69) is 17.4 Å². The molecule has 0 heterocycles. The second-order valence-corrected chi connectivity index (χ2v) is 5.08. The average Bonchev–Trinajstić information content (AvgIpc) is 2.39. The molecule has 0 aliphatic rings. The van der Waals surface area contributed by atoms with Gasteiger partial charge in [0.2, 0.25) is 5.91 Å². The summed E-state index contributed by atoms with van der Waals surface area (Å²) in [5, 5.41) is 3.02. The maximum Gasteiger partial charge on any atom is 0.224 e. The van der Waals surface area contributed by atoms with E-state index in [4.69, 9.17) is 5.73 Å². The monoisotopic (exact) mass is 268 g/mol. The van der Waals surface area contributed by atoms with Crippen LogP contribution in [0.2, 0.25) is 0 Å². The molecule has 3 N–H and O–H groups in total. The first-order valence-electron chi connectivity index (χ1n) is 6.81. The lowest BCUT2D eigenvalue weighted by Gasteiger charge is -2.14. The van der Waals surface area contributed by atoms with E-state index in [0.29, 0.717) is 12.1 Å². The van der Waals surface area contributed by atoms with Crippen molar-refractivity contribution in [2.24, 2.45) is 0 Å². The minimum absolute atomic E-state index is 0.0269. The zero-order valence-electron chi connectivity index (χ0n) is 11.7. The summed E-state index contributed by atoms with van der Waals surface area (Å²) in [4.78, 5) is 12.0. The van der Waals surface area contributed by atoms with E-state index in [1.165, 1.54) is 5.56 Å². The topological polar surface area (TPSA) is 55.1 Å². The summed E-state index contributed by atoms with van der Waals surface area (Å²) in [5.41, 5.74) is 8.56. The summed E-state index contributed by atoms with van der Waals surface area (Å²) in [6.07, 6.45) is 1.20. The fraction of sp³-hybridized carbons (Fsp3) is 0.235. The highest BCUT2D eigenvalue weighted by molar-refractivity contribution is 5.79. The van der Waals surface area contributed by atoms with Crippen molar-refractivity contribution in [2.45, 2.75) is 25.8 Å². The summed E-state index contributed by atoms with van der Waals surface area (Å²) in [6, 6.07) is 17.7. The van der Waals surface area contributed by atoms with Crippen molar-refractivity contribution in [1.82, 2.24) is 5.32 Å². The summed E-state index contributed by atoms with van der Waals surface area (Å²) >= 11 is 0. The van der Waals surface area contributed by atoms with Gasteiger partial charge in [0, 0.05) is 11.7 Å². The van der Waals surface area contributed by atoms with Crippen molar-refractivity contribution >= 4 is 11.6 Å². The lowest BCUT2D eigenvalue weighted by Crippen LogP contribution is -2.35. The second kappa shape index (κ2) is 6.75. The van der Waals surface area contributed by atoms with Crippen molar-refractivity contribution in [2.75, 3.05) is 5.73 Å². The van der Waals surface area contributed by atoms with Gasteiger partial charge in [-0.05, 0) is 36.6 Å². The first-order chi connectivity index (χ1) is 9.63. The second-order valence-electron chi connectivity index (χ2n) is 5.08. The van der Waals surface area contributed by atoms with Crippen LogP contribution in [0.15, 0.2) is 54.6 Å². The molecular weight excluding hydrogens is 248 g/mol. The Balaban J connectivity index is 1.85. The minimum atomic E-state index is 0.0269. The molecule has 0 radical (unpaired) electrons. The normalized spacial score (nSPS) is 11.8. The molecule has 2 rings (SSSR count). The third-order valence-electron chi connectivity index (χ3n) is 3.11. The molecule has 1 amide bonds. The van der Waals surface area contributed by atoms with Crippen LogP contribution in [0.5, 0.6) is 0 Å². The Labute approximate surface area is 119 Å². The third-order valence-corrected chi connectivity index (χ3v) is 3.11. The SMILES string of the molecule is CC(Cc1ccccc1)NC(=O)Cc1cccc(N)c1. The summed E-state index contributed by atoms with van der Waals surface area (Å²) in [5.74, 6) is 0.0269. The molecule has 0 spiro atoms. The van der Waals surface area contributed by atoms with Crippen LogP contribution in [0.4, 0.5) is 5.69 Å². The molecule has 2 aromatic rings. The van der Waals surface area contributed by atoms with Crippen LogP contribution < -0.4 is 11.1 Å². The van der Waals surface area contributed by atoms with Crippen molar-refractivity contribution in [3.63, 3.8) is 0 Å². The Morgan fingerprint density at radius 2 is 1.80 bits per heavy atom. The van der Waals surface area contributed by atoms with Gasteiger partial charge in [-0.25, -0.2) is 0 Å². The molecule has 20 heavy (non-hydrogen) atoms. The fourth-order valence-corrected chi connectivity index (χ4v) is 2.23. The number of carbonyl (C=O) groups excluding carboxylic acids is 1. The molecule has 104 valence electrons. The van der Waals surface area contributed by atoms with Crippen molar-refractivity contribution in [1.29, 1.82) is 0 Å². The van der Waals surface area contributed by atoms with E-state index in [0.717, 1.165) is 12.0 Å². The smallest absolute Gasteiger partial charge is 0.224 e. The predicted octanol–water partition coefficient (Wildman–Crippen LogP) is 2.56. The van der Waals surface area contributed by atoms with E-state index >= 15 is 0 Å². The Morgan fingerprint density at radius 1 is 1.10 bits per heavy atom. The van der Waals surface area contributed by atoms with Crippen LogP contribution in [0.1, 0.15) is 18.1 Å². The molecule has 0 bridgehead atoms. The van der Waals surface area contributed by atoms with E-state index in [1.54, 1.807) is 0 Å². The number of nitrogen functional groups attached to an aromatic ring is 1. The summed E-state index contributed by atoms with van der Waals surface area (Å²) in [7, 11) is 0. The Morgan fingerprint density at radius 3 is 2.50 bits per heavy atom. The highest BCUT2D eigenvalue weighted by Crippen LogP contribution is 2.08. The first-order valence-corrected chi connectivity index (χ1v) is 6.81. The van der Waals surface area contributed by atoms with Crippen molar-refractivity contribution in [3.05, 3.63) is 65.7 Å². The van der Waals surface area contributed by atoms with Gasteiger partial charge in [0.05, 0.1) is 6.42 Å². The van der Waals surface area contributed by atoms with E-state index in [1.807, 2.05) is 49.4 Å². The number of benzene rings is 2. The molecule has 0 fully saturated rings. The molecule has 1 atom stereocenters. The van der Waals surface area contributed by atoms with Crippen LogP contribution in [0.3, 0.4) is 0 Å². The number of hydrogen-bond donors (Lipinski definition) is 2. The van der Waals surface area contributed by atoms with Crippen LogP contribution in [0, 0.1) is 0 Å². The molecule has 0 aliphatic heterocycles. The third kappa shape index (κ3) is 4.43. The van der Waals surface area contributed by atoms with E-state index < -0.39 is 0 Å². The summed E-state index contributed by atoms with van der Waals surface area (Å²) < 4.78 is 0. The lowest BCUT2D eigenvalue weighted by atomic mass is 10.1. The Kier molecular flexibility index (Phi) is 4.77. The highest BCUT2D eigenvalue weighted by atomic mass is 16.1. The number of amides is 1. The fourth-order valence-electron chi connectivity index (χ4n) is 2.23. The predicted molar refractivity (Wildman–Crippen MR) is 82.3 cm³/mol. The Hall–Kier alpha value is -2.29. The summed E-state index contributed by atoms with van der Waals surface area (Å²) in [6.45, 7) is 2.02. The number of nitrogens with two attached hydrogens (primary N) is 1. The number of anilines is 1. The van der Waals surface area contributed by atoms with Crippen molar-refractivity contribution < 1.29 is 4.79 Å². The van der Waals surface area contributed by atoms with Gasteiger partial charge in [-0.15, -0.1) is 0 Å². The van der Waals surface area contributed by atoms with Gasteiger partial charge in [-0.3, -0.25) is 4.79 Å². The molecule has 0 saturated heterocycles. The van der Waals surface area contributed by atoms with Crippen LogP contribution in [-0.4, -0.2) is 11.9 Å². The minimum Gasteiger partial charge on any atom is -0.399 e. The van der Waals surface area contributed by atoms with Gasteiger partial charge in [0.1, 0.15) is 0 Å². The van der Waals surface area contributed by atoms with Crippen LogP contribution in [-0.2, 0) is 17.6 Å². The van der Waals surface area contributed by atoms with Gasteiger partial charge < -0.3 is 11.1 Å². The van der Waals surface area contributed by atoms with Crippen LogP contribution in [0.25, 0.3) is 0 Å². The molecule has 1 unspecified atom stereocenters. The molecule has 3 nitrogen and oxygen atoms in total. The van der Waals surface area contributed by atoms with Crippen LogP contribution >= 0.6 is 0 Å². The van der Waals surface area contributed by atoms with Gasteiger partial charge >= 0.3 is 0 Å². The van der Waals surface area contributed by atoms with E-state index in [9.17, 15) is 4.79 Å². The lowest BCUT2D eigenvalue weighted by molar-refractivity contribution is -0.121. The first kappa shape index (κ1) is 14.1. The maximum absolute atomic E-state index is 12.0. The zero-order chi connectivity index (χ0) is 14.4.